The number of nitrogens with one attached hydrogen (secondary N) is 3. The smallest absolute Gasteiger partial charge is 0.274 e. The number of rotatable bonds is 2. The summed E-state index contributed by atoms with van der Waals surface area (Å²) in [6.45, 7) is 3.82. The zero-order valence-electron chi connectivity index (χ0n) is 12.9. The van der Waals surface area contributed by atoms with Gasteiger partial charge in [0.15, 0.2) is 0 Å². The van der Waals surface area contributed by atoms with Gasteiger partial charge >= 0.3 is 0 Å². The van der Waals surface area contributed by atoms with Gasteiger partial charge in [-0.2, -0.15) is 5.10 Å². The van der Waals surface area contributed by atoms with E-state index in [1.807, 2.05) is 50.2 Å². The van der Waals surface area contributed by atoms with Crippen LogP contribution in [0.5, 0.6) is 0 Å². The lowest BCUT2D eigenvalue weighted by Crippen LogP contribution is -2.34. The third kappa shape index (κ3) is 3.14. The molecule has 3 rings (SSSR count). The van der Waals surface area contributed by atoms with Crippen LogP contribution in [0.2, 0.25) is 5.02 Å². The Morgan fingerprint density at radius 2 is 1.87 bits per heavy atom. The molecule has 1 unspecified atom stereocenters. The summed E-state index contributed by atoms with van der Waals surface area (Å²) in [6, 6.07) is 12.9. The molecule has 0 aliphatic carbocycles. The number of carbonyl (C=O) groups excluding carboxylic acids is 1. The number of para-hydroxylation sites is 3. The van der Waals surface area contributed by atoms with Gasteiger partial charge in [0.05, 0.1) is 28.1 Å². The van der Waals surface area contributed by atoms with Crippen molar-refractivity contribution >= 4 is 40.3 Å². The van der Waals surface area contributed by atoms with E-state index < -0.39 is 0 Å². The fourth-order valence-electron chi connectivity index (χ4n) is 2.44. The zero-order valence-corrected chi connectivity index (χ0v) is 13.6. The summed E-state index contributed by atoms with van der Waals surface area (Å²) in [5, 5.41) is 11.0. The molecule has 1 atom stereocenters. The van der Waals surface area contributed by atoms with Crippen LogP contribution in [-0.4, -0.2) is 17.7 Å². The SMILES string of the molecule is Cc1cccc(Cl)c1N/N=C1\C(=O)Nc2ccccc2NC1C. The summed E-state index contributed by atoms with van der Waals surface area (Å²) in [6.07, 6.45) is 0. The second-order valence-corrected chi connectivity index (χ2v) is 5.81. The Morgan fingerprint density at radius 1 is 1.13 bits per heavy atom. The fourth-order valence-corrected chi connectivity index (χ4v) is 2.70. The molecule has 0 fully saturated rings. The van der Waals surface area contributed by atoms with Gasteiger partial charge in [-0.3, -0.25) is 10.2 Å². The van der Waals surface area contributed by atoms with Gasteiger partial charge in [-0.05, 0) is 37.6 Å². The highest BCUT2D eigenvalue weighted by Gasteiger charge is 2.24. The quantitative estimate of drug-likeness (QED) is 0.733. The average Bonchev–Trinajstić information content (AvgIpc) is 2.63. The number of anilines is 3. The van der Waals surface area contributed by atoms with E-state index in [0.717, 1.165) is 16.9 Å². The van der Waals surface area contributed by atoms with Crippen molar-refractivity contribution in [3.05, 3.63) is 53.1 Å². The third-order valence-electron chi connectivity index (χ3n) is 3.70. The van der Waals surface area contributed by atoms with Gasteiger partial charge in [0.25, 0.3) is 5.91 Å². The highest BCUT2D eigenvalue weighted by molar-refractivity contribution is 6.46. The number of amides is 1. The predicted octanol–water partition coefficient (Wildman–Crippen LogP) is 3.87. The first kappa shape index (κ1) is 15.4. The van der Waals surface area contributed by atoms with Gasteiger partial charge in [0.1, 0.15) is 5.71 Å². The van der Waals surface area contributed by atoms with Crippen LogP contribution in [-0.2, 0) is 4.79 Å². The van der Waals surface area contributed by atoms with Crippen molar-refractivity contribution in [3.8, 4) is 0 Å². The van der Waals surface area contributed by atoms with Crippen LogP contribution in [0.3, 0.4) is 0 Å². The molecule has 1 aliphatic rings. The fraction of sp³-hybridized carbons (Fsp3) is 0.176. The second kappa shape index (κ2) is 6.30. The van der Waals surface area contributed by atoms with E-state index >= 15 is 0 Å². The molecular formula is C17H17ClN4O. The molecule has 2 aromatic carbocycles. The van der Waals surface area contributed by atoms with Gasteiger partial charge in [-0.15, -0.1) is 0 Å². The number of carbonyl (C=O) groups is 1. The first-order chi connectivity index (χ1) is 11.1. The Bertz CT molecular complexity index is 768. The van der Waals surface area contributed by atoms with E-state index in [1.54, 1.807) is 6.07 Å². The molecule has 2 aromatic rings. The van der Waals surface area contributed by atoms with Crippen molar-refractivity contribution < 1.29 is 4.79 Å². The van der Waals surface area contributed by atoms with Crippen molar-refractivity contribution in [1.29, 1.82) is 0 Å². The third-order valence-corrected chi connectivity index (χ3v) is 4.02. The number of fused-ring (bicyclic) bond motifs is 1. The maximum atomic E-state index is 12.4. The minimum Gasteiger partial charge on any atom is -0.375 e. The molecule has 3 N–H and O–H groups in total. The van der Waals surface area contributed by atoms with Crippen LogP contribution >= 0.6 is 11.6 Å². The van der Waals surface area contributed by atoms with E-state index in [4.69, 9.17) is 11.6 Å². The Kier molecular flexibility index (Phi) is 4.21. The minimum absolute atomic E-state index is 0.242. The van der Waals surface area contributed by atoms with Crippen LogP contribution in [0.15, 0.2) is 47.6 Å². The predicted molar refractivity (Wildman–Crippen MR) is 95.4 cm³/mol. The summed E-state index contributed by atoms with van der Waals surface area (Å²) >= 11 is 6.18. The average molecular weight is 329 g/mol. The van der Waals surface area contributed by atoms with E-state index in [-0.39, 0.29) is 11.9 Å². The molecule has 1 heterocycles. The topological polar surface area (TPSA) is 65.5 Å². The highest BCUT2D eigenvalue weighted by Crippen LogP contribution is 2.27. The number of hydrogen-bond donors (Lipinski definition) is 3. The molecule has 5 nitrogen and oxygen atoms in total. The van der Waals surface area contributed by atoms with Crippen LogP contribution in [0.25, 0.3) is 0 Å². The molecule has 0 saturated carbocycles. The van der Waals surface area contributed by atoms with Crippen molar-refractivity contribution in [2.24, 2.45) is 5.10 Å². The maximum Gasteiger partial charge on any atom is 0.274 e. The summed E-state index contributed by atoms with van der Waals surface area (Å²) in [7, 11) is 0. The van der Waals surface area contributed by atoms with Crippen molar-refractivity contribution in [3.63, 3.8) is 0 Å². The van der Waals surface area contributed by atoms with Crippen LogP contribution in [0.1, 0.15) is 12.5 Å². The summed E-state index contributed by atoms with van der Waals surface area (Å²) in [5.74, 6) is -0.243. The van der Waals surface area contributed by atoms with E-state index in [9.17, 15) is 4.79 Å². The standard InChI is InChI=1S/C17H17ClN4O/c1-10-6-5-7-12(18)15(10)21-22-16-11(2)19-13-8-3-4-9-14(13)20-17(16)23/h3-9,11,19,21H,1-2H3,(H,20,23)/b22-16-. The molecular weight excluding hydrogens is 312 g/mol. The largest absolute Gasteiger partial charge is 0.375 e. The summed E-state index contributed by atoms with van der Waals surface area (Å²) < 4.78 is 0. The van der Waals surface area contributed by atoms with Gasteiger partial charge < -0.3 is 10.6 Å². The van der Waals surface area contributed by atoms with Gasteiger partial charge in [0, 0.05) is 0 Å². The number of aryl methyl sites for hydroxylation is 1. The Balaban J connectivity index is 1.89. The first-order valence-electron chi connectivity index (χ1n) is 7.32. The summed E-state index contributed by atoms with van der Waals surface area (Å²) in [5.41, 5.74) is 6.55. The number of hydrogen-bond acceptors (Lipinski definition) is 4. The molecule has 0 bridgehead atoms. The lowest BCUT2D eigenvalue weighted by molar-refractivity contribution is -0.110. The van der Waals surface area contributed by atoms with E-state index in [1.165, 1.54) is 0 Å². The number of benzene rings is 2. The van der Waals surface area contributed by atoms with E-state index in [0.29, 0.717) is 16.4 Å². The van der Waals surface area contributed by atoms with Gasteiger partial charge in [-0.25, -0.2) is 0 Å². The van der Waals surface area contributed by atoms with Crippen LogP contribution in [0, 0.1) is 6.92 Å². The van der Waals surface area contributed by atoms with Gasteiger partial charge in [0.2, 0.25) is 0 Å². The summed E-state index contributed by atoms with van der Waals surface area (Å²) in [4.78, 5) is 12.4. The Labute approximate surface area is 139 Å². The maximum absolute atomic E-state index is 12.4. The van der Waals surface area contributed by atoms with E-state index in [2.05, 4.69) is 21.2 Å². The molecule has 23 heavy (non-hydrogen) atoms. The van der Waals surface area contributed by atoms with Crippen molar-refractivity contribution in [2.45, 2.75) is 19.9 Å². The molecule has 1 amide bonds. The molecule has 0 saturated heterocycles. The monoisotopic (exact) mass is 328 g/mol. The number of halogens is 1. The van der Waals surface area contributed by atoms with Crippen LogP contribution in [0.4, 0.5) is 17.1 Å². The molecule has 1 aliphatic heterocycles. The first-order valence-corrected chi connectivity index (χ1v) is 7.69. The Morgan fingerprint density at radius 3 is 2.61 bits per heavy atom. The molecule has 6 heteroatoms. The molecule has 0 aromatic heterocycles. The second-order valence-electron chi connectivity index (χ2n) is 5.41. The highest BCUT2D eigenvalue weighted by atomic mass is 35.5. The molecule has 0 spiro atoms. The lowest BCUT2D eigenvalue weighted by Gasteiger charge is -2.14. The normalized spacial score (nSPS) is 18.7. The number of nitrogens with zero attached hydrogens (tertiary/aromatic N) is 1. The zero-order chi connectivity index (χ0) is 16.4. The van der Waals surface area contributed by atoms with Gasteiger partial charge in [-0.1, -0.05) is 35.9 Å². The van der Waals surface area contributed by atoms with Crippen molar-refractivity contribution in [1.82, 2.24) is 0 Å². The Hall–Kier alpha value is -2.53. The lowest BCUT2D eigenvalue weighted by atomic mass is 10.2. The van der Waals surface area contributed by atoms with Crippen molar-refractivity contribution in [2.75, 3.05) is 16.1 Å². The minimum atomic E-state index is -0.243. The molecule has 0 radical (unpaired) electrons. The van der Waals surface area contributed by atoms with Crippen LogP contribution < -0.4 is 16.1 Å². The number of hydrazone groups is 1. The molecule has 118 valence electrons.